The number of anilines is 1. The smallest absolute Gasteiger partial charge is 0.223 e. The molecular weight excluding hydrogens is 237 g/mol. The summed E-state index contributed by atoms with van der Waals surface area (Å²) in [6, 6.07) is 0. The summed E-state index contributed by atoms with van der Waals surface area (Å²) in [5.74, 6) is 0.919. The molecule has 7 heteroatoms. The Balaban J connectivity index is 1.94. The zero-order chi connectivity index (χ0) is 13.0. The van der Waals surface area contributed by atoms with E-state index in [0.717, 1.165) is 0 Å². The number of hydrogen-bond donors (Lipinski definition) is 1. The molecule has 6 nitrogen and oxygen atoms in total. The monoisotopic (exact) mass is 251 g/mol. The Kier molecular flexibility index (Phi) is 3.81. The summed E-state index contributed by atoms with van der Waals surface area (Å²) in [7, 11) is 0. The summed E-state index contributed by atoms with van der Waals surface area (Å²) in [5, 5.41) is 6.65. The molecule has 0 bridgehead atoms. The predicted molar refractivity (Wildman–Crippen MR) is 62.6 cm³/mol. The van der Waals surface area contributed by atoms with Gasteiger partial charge in [0.25, 0.3) is 0 Å². The number of halogens is 1. The Hall–Kier alpha value is -2.05. The molecule has 0 spiro atoms. The molecule has 2 heterocycles. The number of nitrogens with zero attached hydrogens (tertiary/aromatic N) is 4. The lowest BCUT2D eigenvalue weighted by atomic mass is 10.3. The molecule has 0 atom stereocenters. The molecule has 0 saturated carbocycles. The molecule has 2 rings (SSSR count). The summed E-state index contributed by atoms with van der Waals surface area (Å²) in [6.45, 7) is 4.05. The minimum absolute atomic E-state index is 0.210. The Labute approximate surface area is 104 Å². The van der Waals surface area contributed by atoms with E-state index in [1.165, 1.54) is 6.33 Å². The van der Waals surface area contributed by atoms with Gasteiger partial charge in [0.05, 0.1) is 5.69 Å². The fourth-order valence-electron chi connectivity index (χ4n) is 1.51. The van der Waals surface area contributed by atoms with Crippen LogP contribution in [0.15, 0.2) is 10.9 Å². The Morgan fingerprint density at radius 1 is 1.39 bits per heavy atom. The van der Waals surface area contributed by atoms with E-state index in [1.54, 1.807) is 6.92 Å². The van der Waals surface area contributed by atoms with Crippen molar-refractivity contribution in [1.29, 1.82) is 0 Å². The maximum absolute atomic E-state index is 13.8. The van der Waals surface area contributed by atoms with Crippen molar-refractivity contribution in [3.8, 4) is 0 Å². The average Bonchev–Trinajstić information content (AvgIpc) is 2.77. The van der Waals surface area contributed by atoms with Crippen LogP contribution in [0.4, 0.5) is 10.2 Å². The third-order valence-electron chi connectivity index (χ3n) is 2.41. The number of hydrogen-bond acceptors (Lipinski definition) is 6. The van der Waals surface area contributed by atoms with Crippen molar-refractivity contribution in [3.63, 3.8) is 0 Å². The van der Waals surface area contributed by atoms with Gasteiger partial charge in [0.1, 0.15) is 6.33 Å². The van der Waals surface area contributed by atoms with E-state index in [4.69, 9.17) is 4.52 Å². The molecule has 0 amide bonds. The quantitative estimate of drug-likeness (QED) is 0.868. The van der Waals surface area contributed by atoms with E-state index in [0.29, 0.717) is 36.8 Å². The second-order valence-corrected chi connectivity index (χ2v) is 3.74. The lowest BCUT2D eigenvalue weighted by Gasteiger charge is -2.06. The van der Waals surface area contributed by atoms with E-state index < -0.39 is 5.82 Å². The van der Waals surface area contributed by atoms with E-state index in [2.05, 4.69) is 25.4 Å². The van der Waals surface area contributed by atoms with Gasteiger partial charge in [-0.25, -0.2) is 14.4 Å². The molecule has 18 heavy (non-hydrogen) atoms. The largest absolute Gasteiger partial charge is 0.367 e. The third-order valence-corrected chi connectivity index (χ3v) is 2.41. The van der Waals surface area contributed by atoms with Crippen LogP contribution in [-0.4, -0.2) is 26.7 Å². The molecule has 96 valence electrons. The second-order valence-electron chi connectivity index (χ2n) is 3.74. The van der Waals surface area contributed by atoms with E-state index in [9.17, 15) is 4.39 Å². The van der Waals surface area contributed by atoms with Crippen LogP contribution in [0.2, 0.25) is 0 Å². The SMILES string of the molecule is CCc1ncnc(NCCc2noc(C)n2)c1F. The summed E-state index contributed by atoms with van der Waals surface area (Å²) in [4.78, 5) is 11.8. The lowest BCUT2D eigenvalue weighted by molar-refractivity contribution is 0.387. The van der Waals surface area contributed by atoms with E-state index in [1.807, 2.05) is 6.92 Å². The van der Waals surface area contributed by atoms with Gasteiger partial charge in [-0.2, -0.15) is 4.98 Å². The second kappa shape index (κ2) is 5.52. The molecular formula is C11H14FN5O. The zero-order valence-electron chi connectivity index (χ0n) is 10.3. The molecule has 0 fully saturated rings. The Morgan fingerprint density at radius 3 is 2.89 bits per heavy atom. The number of aryl methyl sites for hydroxylation is 2. The van der Waals surface area contributed by atoms with Crippen molar-refractivity contribution in [3.05, 3.63) is 29.6 Å². The minimum atomic E-state index is -0.399. The topological polar surface area (TPSA) is 76.7 Å². The molecule has 0 aliphatic heterocycles. The van der Waals surface area contributed by atoms with Gasteiger partial charge in [-0.1, -0.05) is 12.1 Å². The van der Waals surface area contributed by atoms with Crippen LogP contribution in [0, 0.1) is 12.7 Å². The minimum Gasteiger partial charge on any atom is -0.367 e. The van der Waals surface area contributed by atoms with Crippen LogP contribution < -0.4 is 5.32 Å². The first-order chi connectivity index (χ1) is 8.70. The highest BCUT2D eigenvalue weighted by Gasteiger charge is 2.09. The van der Waals surface area contributed by atoms with Crippen LogP contribution in [-0.2, 0) is 12.8 Å². The van der Waals surface area contributed by atoms with Crippen molar-refractivity contribution < 1.29 is 8.91 Å². The van der Waals surface area contributed by atoms with Gasteiger partial charge < -0.3 is 9.84 Å². The van der Waals surface area contributed by atoms with Crippen molar-refractivity contribution in [2.45, 2.75) is 26.7 Å². The Bertz CT molecular complexity index is 528. The van der Waals surface area contributed by atoms with Crippen molar-refractivity contribution in [2.75, 3.05) is 11.9 Å². The molecule has 0 aliphatic rings. The zero-order valence-corrected chi connectivity index (χ0v) is 10.3. The molecule has 0 radical (unpaired) electrons. The fourth-order valence-corrected chi connectivity index (χ4v) is 1.51. The highest BCUT2D eigenvalue weighted by molar-refractivity contribution is 5.37. The predicted octanol–water partition coefficient (Wildman–Crippen LogP) is 1.52. The first-order valence-corrected chi connectivity index (χ1v) is 5.73. The number of nitrogens with one attached hydrogen (secondary N) is 1. The highest BCUT2D eigenvalue weighted by atomic mass is 19.1. The van der Waals surface area contributed by atoms with Crippen molar-refractivity contribution >= 4 is 5.82 Å². The van der Waals surface area contributed by atoms with Gasteiger partial charge in [-0.3, -0.25) is 0 Å². The van der Waals surface area contributed by atoms with Gasteiger partial charge in [0.2, 0.25) is 5.89 Å². The van der Waals surface area contributed by atoms with Gasteiger partial charge in [-0.15, -0.1) is 0 Å². The highest BCUT2D eigenvalue weighted by Crippen LogP contribution is 2.12. The molecule has 2 aromatic rings. The lowest BCUT2D eigenvalue weighted by Crippen LogP contribution is -2.10. The maximum Gasteiger partial charge on any atom is 0.223 e. The van der Waals surface area contributed by atoms with Gasteiger partial charge in [0, 0.05) is 19.9 Å². The summed E-state index contributed by atoms with van der Waals surface area (Å²) >= 11 is 0. The first kappa shape index (κ1) is 12.4. The van der Waals surface area contributed by atoms with E-state index in [-0.39, 0.29) is 5.82 Å². The molecule has 1 N–H and O–H groups in total. The maximum atomic E-state index is 13.8. The van der Waals surface area contributed by atoms with Crippen LogP contribution in [0.25, 0.3) is 0 Å². The molecule has 0 aromatic carbocycles. The van der Waals surface area contributed by atoms with Crippen LogP contribution in [0.5, 0.6) is 0 Å². The molecule has 0 unspecified atom stereocenters. The van der Waals surface area contributed by atoms with Gasteiger partial charge in [-0.05, 0) is 6.42 Å². The normalized spacial score (nSPS) is 10.6. The van der Waals surface area contributed by atoms with E-state index >= 15 is 0 Å². The summed E-state index contributed by atoms with van der Waals surface area (Å²) in [6.07, 6.45) is 2.43. The van der Waals surface area contributed by atoms with Crippen LogP contribution in [0.1, 0.15) is 24.3 Å². The average molecular weight is 251 g/mol. The number of aromatic nitrogens is 4. The first-order valence-electron chi connectivity index (χ1n) is 5.73. The van der Waals surface area contributed by atoms with Gasteiger partial charge in [0.15, 0.2) is 17.5 Å². The standard InChI is InChI=1S/C11H14FN5O/c1-3-8-10(12)11(15-6-14-8)13-5-4-9-16-7(2)18-17-9/h6H,3-5H2,1-2H3,(H,13,14,15). The van der Waals surface area contributed by atoms with Crippen molar-refractivity contribution in [2.24, 2.45) is 0 Å². The summed E-state index contributed by atoms with van der Waals surface area (Å²) < 4.78 is 18.6. The van der Waals surface area contributed by atoms with Crippen molar-refractivity contribution in [1.82, 2.24) is 20.1 Å². The van der Waals surface area contributed by atoms with Crippen LogP contribution >= 0.6 is 0 Å². The Morgan fingerprint density at radius 2 is 2.22 bits per heavy atom. The van der Waals surface area contributed by atoms with Crippen LogP contribution in [0.3, 0.4) is 0 Å². The third kappa shape index (κ3) is 2.79. The molecule has 0 aliphatic carbocycles. The van der Waals surface area contributed by atoms with Gasteiger partial charge >= 0.3 is 0 Å². The summed E-state index contributed by atoms with van der Waals surface area (Å²) in [5.41, 5.74) is 0.405. The molecule has 0 saturated heterocycles. The fraction of sp³-hybridized carbons (Fsp3) is 0.455. The number of rotatable bonds is 5. The molecule has 2 aromatic heterocycles.